The summed E-state index contributed by atoms with van der Waals surface area (Å²) in [7, 11) is 0. The van der Waals surface area contributed by atoms with Crippen molar-refractivity contribution >= 4 is 61.8 Å². The van der Waals surface area contributed by atoms with Crippen LogP contribution in [0.15, 0.2) is 63.4 Å². The highest BCUT2D eigenvalue weighted by Gasteiger charge is 2.22. The standard InChI is InChI=1S/C21H20N4OS3/c1-3-17(28-21-22-15-6-4-5-7-18(15)29-21)19(26)23-20-25-24-16(12-27-20)14-10-8-13(2)9-11-14/h4-12,17,24H,3H2,1-2H3,(H,23,25,26)/t17-/m1/s1. The van der Waals surface area contributed by atoms with Crippen LogP contribution in [0, 0.1) is 6.92 Å². The van der Waals surface area contributed by atoms with Gasteiger partial charge in [0, 0.05) is 11.0 Å². The number of nitrogens with zero attached hydrogens (tertiary/aromatic N) is 2. The molecule has 29 heavy (non-hydrogen) atoms. The van der Waals surface area contributed by atoms with Crippen molar-refractivity contribution in [2.45, 2.75) is 29.9 Å². The zero-order valence-corrected chi connectivity index (χ0v) is 18.5. The second-order valence-corrected chi connectivity index (χ2v) is 9.83. The van der Waals surface area contributed by atoms with Crippen LogP contribution in [0.1, 0.15) is 24.5 Å². The SMILES string of the molecule is CC[C@@H](Sc1nc2ccccc2s1)C(=O)NC1=NNC(c2ccc(C)cc2)=CS1. The number of thioether (sulfide) groups is 2. The van der Waals surface area contributed by atoms with E-state index in [1.54, 1.807) is 11.3 Å². The second-order valence-electron chi connectivity index (χ2n) is 6.50. The zero-order valence-electron chi connectivity index (χ0n) is 16.0. The molecule has 1 amide bonds. The van der Waals surface area contributed by atoms with Gasteiger partial charge in [-0.1, -0.05) is 72.4 Å². The molecule has 0 fully saturated rings. The first kappa shape index (κ1) is 20.0. The molecule has 8 heteroatoms. The molecule has 0 radical (unpaired) electrons. The number of hydrazone groups is 1. The van der Waals surface area contributed by atoms with Crippen molar-refractivity contribution in [3.05, 3.63) is 65.1 Å². The molecule has 1 aliphatic rings. The van der Waals surface area contributed by atoms with Crippen LogP contribution >= 0.6 is 34.9 Å². The smallest absolute Gasteiger partial charge is 0.239 e. The first-order valence-electron chi connectivity index (χ1n) is 9.23. The Balaban J connectivity index is 1.37. The lowest BCUT2D eigenvalue weighted by Crippen LogP contribution is -2.37. The minimum atomic E-state index is -0.221. The third kappa shape index (κ3) is 4.83. The van der Waals surface area contributed by atoms with Gasteiger partial charge in [-0.15, -0.1) is 16.4 Å². The minimum absolute atomic E-state index is 0.0583. The van der Waals surface area contributed by atoms with Crippen LogP contribution in [0.3, 0.4) is 0 Å². The van der Waals surface area contributed by atoms with Crippen molar-refractivity contribution in [1.29, 1.82) is 0 Å². The number of carbonyl (C=O) groups is 1. The molecule has 4 rings (SSSR count). The molecule has 148 valence electrons. The number of amides is 1. The van der Waals surface area contributed by atoms with Crippen molar-refractivity contribution in [2.24, 2.45) is 5.10 Å². The molecule has 3 aromatic rings. The van der Waals surface area contributed by atoms with Gasteiger partial charge in [0.15, 0.2) is 9.51 Å². The summed E-state index contributed by atoms with van der Waals surface area (Å²) in [6.45, 7) is 4.07. The Morgan fingerprint density at radius 3 is 2.69 bits per heavy atom. The number of hydrogen-bond donors (Lipinski definition) is 2. The van der Waals surface area contributed by atoms with E-state index in [1.165, 1.54) is 29.1 Å². The predicted octanol–water partition coefficient (Wildman–Crippen LogP) is 5.20. The van der Waals surface area contributed by atoms with Crippen LogP contribution in [-0.2, 0) is 4.79 Å². The van der Waals surface area contributed by atoms with Crippen LogP contribution in [0.5, 0.6) is 0 Å². The number of aryl methyl sites for hydroxylation is 1. The first-order valence-corrected chi connectivity index (χ1v) is 11.8. The normalized spacial score (nSPS) is 14.7. The Hall–Kier alpha value is -2.29. The predicted molar refractivity (Wildman–Crippen MR) is 125 cm³/mol. The molecule has 1 aliphatic heterocycles. The summed E-state index contributed by atoms with van der Waals surface area (Å²) in [6.07, 6.45) is 0.711. The molecular weight excluding hydrogens is 420 g/mol. The Labute approximate surface area is 182 Å². The second kappa shape index (κ2) is 9.02. The molecule has 5 nitrogen and oxygen atoms in total. The van der Waals surface area contributed by atoms with Crippen molar-refractivity contribution in [2.75, 3.05) is 0 Å². The van der Waals surface area contributed by atoms with E-state index in [0.717, 1.165) is 25.8 Å². The largest absolute Gasteiger partial charge is 0.303 e. The number of amidine groups is 1. The quantitative estimate of drug-likeness (QED) is 0.534. The summed E-state index contributed by atoms with van der Waals surface area (Å²) >= 11 is 4.53. The van der Waals surface area contributed by atoms with Gasteiger partial charge in [-0.05, 0) is 25.5 Å². The first-order chi connectivity index (χ1) is 14.1. The Bertz CT molecular complexity index is 1060. The van der Waals surface area contributed by atoms with E-state index in [4.69, 9.17) is 0 Å². The summed E-state index contributed by atoms with van der Waals surface area (Å²) in [5, 5.41) is 9.54. The van der Waals surface area contributed by atoms with Gasteiger partial charge in [-0.2, -0.15) is 0 Å². The van der Waals surface area contributed by atoms with Crippen molar-refractivity contribution in [3.63, 3.8) is 0 Å². The van der Waals surface area contributed by atoms with Gasteiger partial charge in [0.05, 0.1) is 21.2 Å². The molecule has 1 atom stereocenters. The topological polar surface area (TPSA) is 66.4 Å². The van der Waals surface area contributed by atoms with Crippen molar-refractivity contribution in [1.82, 2.24) is 15.7 Å². The van der Waals surface area contributed by atoms with E-state index in [2.05, 4.69) is 58.1 Å². The maximum atomic E-state index is 12.8. The Morgan fingerprint density at radius 1 is 1.21 bits per heavy atom. The van der Waals surface area contributed by atoms with Crippen molar-refractivity contribution < 1.29 is 4.79 Å². The van der Waals surface area contributed by atoms with E-state index in [1.807, 2.05) is 30.5 Å². The number of hydrogen-bond acceptors (Lipinski definition) is 7. The molecule has 2 aromatic carbocycles. The third-order valence-corrected chi connectivity index (χ3v) is 7.60. The molecule has 1 aromatic heterocycles. The fourth-order valence-electron chi connectivity index (χ4n) is 2.73. The summed E-state index contributed by atoms with van der Waals surface area (Å²) in [5.41, 5.74) is 7.20. The molecule has 2 heterocycles. The minimum Gasteiger partial charge on any atom is -0.303 e. The molecule has 2 N–H and O–H groups in total. The number of para-hydroxylation sites is 1. The number of nitrogens with one attached hydrogen (secondary N) is 2. The molecular formula is C21H20N4OS3. The third-order valence-electron chi connectivity index (χ3n) is 4.34. The summed E-state index contributed by atoms with van der Waals surface area (Å²) in [4.78, 5) is 17.4. The number of carbonyl (C=O) groups excluding carboxylic acids is 1. The van der Waals surface area contributed by atoms with Gasteiger partial charge >= 0.3 is 0 Å². The van der Waals surface area contributed by atoms with Gasteiger partial charge in [-0.25, -0.2) is 4.98 Å². The van der Waals surface area contributed by atoms with Crippen LogP contribution in [0.4, 0.5) is 0 Å². The highest BCUT2D eigenvalue weighted by Crippen LogP contribution is 2.33. The van der Waals surface area contributed by atoms with E-state index < -0.39 is 0 Å². The van der Waals surface area contributed by atoms with Gasteiger partial charge in [0.2, 0.25) is 5.91 Å². The van der Waals surface area contributed by atoms with Gasteiger partial charge in [0.25, 0.3) is 0 Å². The number of benzene rings is 2. The highest BCUT2D eigenvalue weighted by molar-refractivity contribution is 8.16. The highest BCUT2D eigenvalue weighted by atomic mass is 32.2. The van der Waals surface area contributed by atoms with Crippen LogP contribution in [-0.4, -0.2) is 21.3 Å². The molecule has 0 unspecified atom stereocenters. The number of aromatic nitrogens is 1. The molecule has 0 bridgehead atoms. The Morgan fingerprint density at radius 2 is 2.00 bits per heavy atom. The number of fused-ring (bicyclic) bond motifs is 1. The fraction of sp³-hybridized carbons (Fsp3) is 0.190. The lowest BCUT2D eigenvalue weighted by atomic mass is 10.1. The van der Waals surface area contributed by atoms with Crippen LogP contribution in [0.2, 0.25) is 0 Å². The monoisotopic (exact) mass is 440 g/mol. The van der Waals surface area contributed by atoms with Crippen molar-refractivity contribution in [3.8, 4) is 0 Å². The molecule has 0 aliphatic carbocycles. The van der Waals surface area contributed by atoms with Crippen LogP contribution < -0.4 is 10.7 Å². The Kier molecular flexibility index (Phi) is 6.22. The summed E-state index contributed by atoms with van der Waals surface area (Å²) in [5.74, 6) is -0.0583. The fourth-order valence-corrected chi connectivity index (χ4v) is 5.64. The molecule has 0 spiro atoms. The lowest BCUT2D eigenvalue weighted by Gasteiger charge is -2.17. The number of rotatable bonds is 5. The van der Waals surface area contributed by atoms with Gasteiger partial charge in [-0.3, -0.25) is 10.2 Å². The average Bonchev–Trinajstić information content (AvgIpc) is 3.16. The summed E-state index contributed by atoms with van der Waals surface area (Å²) in [6, 6.07) is 16.3. The average molecular weight is 441 g/mol. The zero-order chi connectivity index (χ0) is 20.2. The van der Waals surface area contributed by atoms with E-state index in [-0.39, 0.29) is 11.2 Å². The van der Waals surface area contributed by atoms with E-state index in [9.17, 15) is 4.79 Å². The molecule has 0 saturated heterocycles. The van der Waals surface area contributed by atoms with E-state index >= 15 is 0 Å². The molecule has 0 saturated carbocycles. The summed E-state index contributed by atoms with van der Waals surface area (Å²) < 4.78 is 2.04. The van der Waals surface area contributed by atoms with Gasteiger partial charge < -0.3 is 5.32 Å². The maximum absolute atomic E-state index is 12.8. The lowest BCUT2D eigenvalue weighted by molar-refractivity contribution is -0.119. The van der Waals surface area contributed by atoms with E-state index in [0.29, 0.717) is 11.6 Å². The maximum Gasteiger partial charge on any atom is 0.239 e. The number of thiazole rings is 1. The van der Waals surface area contributed by atoms with Crippen LogP contribution in [0.25, 0.3) is 15.9 Å². The van der Waals surface area contributed by atoms with Gasteiger partial charge in [0.1, 0.15) is 0 Å².